The molecule has 2 N–H and O–H groups in total. The topological polar surface area (TPSA) is 45.4 Å². The number of pyridine rings is 1. The Kier molecular flexibility index (Phi) is 3.16. The number of nitrogens with two attached hydrogens (primary N) is 1. The fourth-order valence-electron chi connectivity index (χ4n) is 3.49. The van der Waals surface area contributed by atoms with Gasteiger partial charge in [0.05, 0.1) is 11.0 Å². The molecule has 0 unspecified atom stereocenters. The minimum absolute atomic E-state index is 0.150. The van der Waals surface area contributed by atoms with Gasteiger partial charge in [0.25, 0.3) is 0 Å². The van der Waals surface area contributed by atoms with Crippen LogP contribution in [0.15, 0.2) is 54.5 Å². The molecule has 1 saturated heterocycles. The maximum Gasteiger partial charge on any atom is 0.156 e. The molecule has 0 radical (unpaired) electrons. The van der Waals surface area contributed by atoms with E-state index in [4.69, 9.17) is 8.31 Å². The van der Waals surface area contributed by atoms with Crippen molar-refractivity contribution in [2.45, 2.75) is 13.3 Å². The number of aryl methyl sites for hydroxylation is 1. The summed E-state index contributed by atoms with van der Waals surface area (Å²) >= 11 is 0. The second-order valence-corrected chi connectivity index (χ2v) is 6.70. The summed E-state index contributed by atoms with van der Waals surface area (Å²) in [6, 6.07) is 9.29. The van der Waals surface area contributed by atoms with Crippen molar-refractivity contribution in [3.05, 3.63) is 65.8 Å². The van der Waals surface area contributed by atoms with Crippen LogP contribution in [0.25, 0.3) is 10.9 Å². The molecule has 4 nitrogen and oxygen atoms in total. The quantitative estimate of drug-likeness (QED) is 0.714. The second kappa shape index (κ2) is 7.34. The first-order valence-corrected chi connectivity index (χ1v) is 8.98. The second-order valence-electron chi connectivity index (χ2n) is 6.70. The van der Waals surface area contributed by atoms with Gasteiger partial charge in [-0.15, -0.1) is 0 Å². The summed E-state index contributed by atoms with van der Waals surface area (Å²) in [5.41, 5.74) is 3.45. The SMILES string of the molecule is [2H]c1c([2H])c(CCN2CCN(c3cccc4nc(C)ccc34)CC2)c([2H])c(N([2H])[2H])c1[2H]. The Morgan fingerprint density at radius 2 is 2.04 bits per heavy atom. The van der Waals surface area contributed by atoms with Crippen LogP contribution in [-0.2, 0) is 6.42 Å². The van der Waals surface area contributed by atoms with E-state index >= 15 is 0 Å². The van der Waals surface area contributed by atoms with Crippen molar-refractivity contribution in [1.82, 2.24) is 9.88 Å². The van der Waals surface area contributed by atoms with Gasteiger partial charge in [-0.1, -0.05) is 18.2 Å². The molecule has 26 heavy (non-hydrogen) atoms. The van der Waals surface area contributed by atoms with Gasteiger partial charge in [-0.25, -0.2) is 0 Å². The zero-order valence-corrected chi connectivity index (χ0v) is 14.9. The molecule has 1 aromatic heterocycles. The van der Waals surface area contributed by atoms with Crippen molar-refractivity contribution in [2.24, 2.45) is 0 Å². The fourth-order valence-corrected chi connectivity index (χ4v) is 3.49. The van der Waals surface area contributed by atoms with E-state index in [0.29, 0.717) is 18.5 Å². The van der Waals surface area contributed by atoms with Crippen molar-refractivity contribution >= 4 is 22.3 Å². The highest BCUT2D eigenvalue weighted by molar-refractivity contribution is 5.92. The molecular formula is C22H26N4. The number of anilines is 2. The van der Waals surface area contributed by atoms with Gasteiger partial charge in [0, 0.05) is 55.2 Å². The lowest BCUT2D eigenvalue weighted by Gasteiger charge is -2.36. The van der Waals surface area contributed by atoms with Crippen molar-refractivity contribution in [2.75, 3.05) is 43.3 Å². The maximum absolute atomic E-state index is 8.27. The van der Waals surface area contributed by atoms with Gasteiger partial charge in [0.15, 0.2) is 2.82 Å². The van der Waals surface area contributed by atoms with Crippen molar-refractivity contribution < 1.29 is 8.31 Å². The molecule has 4 rings (SSSR count). The smallest absolute Gasteiger partial charge is 0.156 e. The Balaban J connectivity index is 1.45. The van der Waals surface area contributed by atoms with Crippen LogP contribution in [0.2, 0.25) is 2.82 Å². The third-order valence-electron chi connectivity index (χ3n) is 4.90. The third kappa shape index (κ3) is 3.65. The molecule has 1 fully saturated rings. The van der Waals surface area contributed by atoms with E-state index in [1.54, 1.807) is 0 Å². The predicted octanol–water partition coefficient (Wildman–Crippen LogP) is 3.49. The highest BCUT2D eigenvalue weighted by Crippen LogP contribution is 2.27. The molecule has 0 aliphatic carbocycles. The summed E-state index contributed by atoms with van der Waals surface area (Å²) in [6.45, 7) is 5.97. The summed E-state index contributed by atoms with van der Waals surface area (Å²) < 4.78 is 47.2. The average Bonchev–Trinajstić information content (AvgIpc) is 2.77. The number of nitrogens with zero attached hydrogens (tertiary/aromatic N) is 3. The van der Waals surface area contributed by atoms with Crippen LogP contribution >= 0.6 is 0 Å². The first-order chi connectivity index (χ1) is 15.3. The lowest BCUT2D eigenvalue weighted by Crippen LogP contribution is -2.47. The van der Waals surface area contributed by atoms with Gasteiger partial charge >= 0.3 is 0 Å². The Morgan fingerprint density at radius 1 is 1.15 bits per heavy atom. The normalized spacial score (nSPS) is 18.6. The van der Waals surface area contributed by atoms with Gasteiger partial charge in [0.2, 0.25) is 0 Å². The Morgan fingerprint density at radius 3 is 2.88 bits per heavy atom. The highest BCUT2D eigenvalue weighted by atomic mass is 15.3. The number of piperazine rings is 1. The van der Waals surface area contributed by atoms with Crippen molar-refractivity contribution in [3.8, 4) is 0 Å². The van der Waals surface area contributed by atoms with Crippen LogP contribution in [0.4, 0.5) is 11.4 Å². The van der Waals surface area contributed by atoms with Crippen LogP contribution in [0.5, 0.6) is 0 Å². The van der Waals surface area contributed by atoms with E-state index in [0.717, 1.165) is 42.8 Å². The molecule has 1 aliphatic heterocycles. The van der Waals surface area contributed by atoms with Gasteiger partial charge in [-0.2, -0.15) is 0 Å². The summed E-state index contributed by atoms with van der Waals surface area (Å²) in [5.74, 6) is 0. The van der Waals surface area contributed by atoms with E-state index in [2.05, 4.69) is 26.9 Å². The van der Waals surface area contributed by atoms with E-state index in [9.17, 15) is 0 Å². The minimum Gasteiger partial charge on any atom is -0.399 e. The Bertz CT molecular complexity index is 1150. The van der Waals surface area contributed by atoms with Gasteiger partial charge in [0.1, 0.15) is 0 Å². The first kappa shape index (κ1) is 11.2. The molecule has 2 heterocycles. The van der Waals surface area contributed by atoms with Gasteiger partial charge in [-0.3, -0.25) is 9.88 Å². The number of hydrogen-bond acceptors (Lipinski definition) is 4. The Hall–Kier alpha value is -2.59. The summed E-state index contributed by atoms with van der Waals surface area (Å²) in [7, 11) is 0. The fraction of sp³-hybridized carbons (Fsp3) is 0.318. The van der Waals surface area contributed by atoms with Crippen molar-refractivity contribution in [1.29, 1.82) is 0 Å². The van der Waals surface area contributed by atoms with Crippen LogP contribution in [0.3, 0.4) is 0 Å². The number of nitrogen functional groups attached to an aromatic ring is 1. The molecule has 1 aliphatic rings. The zero-order chi connectivity index (χ0) is 23.0. The molecule has 0 atom stereocenters. The number of hydrogen-bond donors (Lipinski definition) is 1. The molecule has 2 aromatic carbocycles. The largest absolute Gasteiger partial charge is 0.399 e. The maximum atomic E-state index is 8.27. The number of benzene rings is 2. The standard InChI is InChI=1S/C22H26N4/c1-17-8-9-20-21(24-17)6-3-7-22(20)26-14-12-25(13-15-26)11-10-18-4-2-5-19(23)16-18/h2-9,16H,10-15,23H2,1H3/i2D,4D,5D,16D/hD2. The van der Waals surface area contributed by atoms with E-state index < -0.39 is 6.04 Å². The summed E-state index contributed by atoms with van der Waals surface area (Å²) in [5, 5.41) is 1.14. The number of fused-ring (bicyclic) bond motifs is 1. The molecule has 4 heteroatoms. The van der Waals surface area contributed by atoms with Crippen LogP contribution < -0.4 is 10.6 Å². The lowest BCUT2D eigenvalue weighted by atomic mass is 10.1. The number of aromatic nitrogens is 1. The summed E-state index contributed by atoms with van der Waals surface area (Å²) in [6.07, 6.45) is 0.377. The average molecular weight is 353 g/mol. The molecule has 0 bridgehead atoms. The molecule has 0 amide bonds. The van der Waals surface area contributed by atoms with Crippen LogP contribution in [-0.4, -0.2) is 42.6 Å². The molecule has 0 saturated carbocycles. The highest BCUT2D eigenvalue weighted by Gasteiger charge is 2.18. The predicted molar refractivity (Wildman–Crippen MR) is 110 cm³/mol. The minimum atomic E-state index is -0.415. The van der Waals surface area contributed by atoms with Gasteiger partial charge < -0.3 is 10.6 Å². The van der Waals surface area contributed by atoms with Crippen molar-refractivity contribution in [3.63, 3.8) is 0 Å². The van der Waals surface area contributed by atoms with E-state index in [1.165, 1.54) is 5.69 Å². The first-order valence-electron chi connectivity index (χ1n) is 11.9. The van der Waals surface area contributed by atoms with Gasteiger partial charge in [-0.05, 0) is 55.3 Å². The molecular weight excluding hydrogens is 320 g/mol. The van der Waals surface area contributed by atoms with Crippen LogP contribution in [0.1, 0.15) is 16.7 Å². The third-order valence-corrected chi connectivity index (χ3v) is 4.90. The summed E-state index contributed by atoms with van der Waals surface area (Å²) in [4.78, 5) is 9.25. The monoisotopic (exact) mass is 352 g/mol. The van der Waals surface area contributed by atoms with E-state index in [-0.39, 0.29) is 29.5 Å². The van der Waals surface area contributed by atoms with E-state index in [1.807, 2.05) is 25.1 Å². The Labute approximate surface area is 163 Å². The molecule has 3 aromatic rings. The molecule has 0 spiro atoms. The zero-order valence-electron chi connectivity index (χ0n) is 20.9. The lowest BCUT2D eigenvalue weighted by molar-refractivity contribution is 0.261. The molecule has 134 valence electrons. The van der Waals surface area contributed by atoms with Crippen LogP contribution in [0, 0.1) is 6.92 Å². The number of rotatable bonds is 5.